The third-order valence-electron chi connectivity index (χ3n) is 3.47. The molecule has 0 fully saturated rings. The van der Waals surface area contributed by atoms with Crippen LogP contribution in [0.2, 0.25) is 0 Å². The van der Waals surface area contributed by atoms with Gasteiger partial charge in [-0.15, -0.1) is 0 Å². The van der Waals surface area contributed by atoms with Crippen LogP contribution in [0.25, 0.3) is 0 Å². The van der Waals surface area contributed by atoms with Gasteiger partial charge in [-0.05, 0) is 31.7 Å². The number of nitrogens with one attached hydrogen (secondary N) is 2. The van der Waals surface area contributed by atoms with Gasteiger partial charge < -0.3 is 9.73 Å². The summed E-state index contributed by atoms with van der Waals surface area (Å²) in [4.78, 5) is 25.8. The summed E-state index contributed by atoms with van der Waals surface area (Å²) in [6, 6.07) is 12.0. The standard InChI is InChI=1S/C17H21N3O3/c1-12-9-10-14(23-12)11-20(3)15(13-7-5-4-6-8-13)16(21)19-17(22)18-2/h4-10,15H,11H2,1-3H3,(H2,18,19,21,22)/t15-/m1/s1. The minimum Gasteiger partial charge on any atom is -0.465 e. The molecule has 2 N–H and O–H groups in total. The van der Waals surface area contributed by atoms with Crippen LogP contribution in [0.15, 0.2) is 46.9 Å². The van der Waals surface area contributed by atoms with Gasteiger partial charge in [-0.25, -0.2) is 4.79 Å². The summed E-state index contributed by atoms with van der Waals surface area (Å²) in [6.07, 6.45) is 0. The molecule has 2 aromatic rings. The van der Waals surface area contributed by atoms with Crippen LogP contribution < -0.4 is 10.6 Å². The maximum atomic E-state index is 12.5. The van der Waals surface area contributed by atoms with E-state index in [9.17, 15) is 9.59 Å². The molecular weight excluding hydrogens is 294 g/mol. The number of amides is 3. The molecule has 0 saturated carbocycles. The smallest absolute Gasteiger partial charge is 0.321 e. The van der Waals surface area contributed by atoms with Crippen molar-refractivity contribution in [3.63, 3.8) is 0 Å². The molecule has 1 aromatic carbocycles. The monoisotopic (exact) mass is 315 g/mol. The summed E-state index contributed by atoms with van der Waals surface area (Å²) in [7, 11) is 3.29. The lowest BCUT2D eigenvalue weighted by molar-refractivity contribution is -0.125. The molecule has 0 spiro atoms. The van der Waals surface area contributed by atoms with Gasteiger partial charge in [0.15, 0.2) is 0 Å². The molecule has 2 rings (SSSR count). The number of hydrogen-bond donors (Lipinski definition) is 2. The molecule has 3 amide bonds. The first-order valence-electron chi connectivity index (χ1n) is 7.34. The van der Waals surface area contributed by atoms with E-state index in [-0.39, 0.29) is 5.91 Å². The first-order valence-corrected chi connectivity index (χ1v) is 7.34. The minimum absolute atomic E-state index is 0.388. The molecule has 1 atom stereocenters. The number of nitrogens with zero attached hydrogens (tertiary/aromatic N) is 1. The van der Waals surface area contributed by atoms with Gasteiger partial charge in [0.2, 0.25) is 5.91 Å². The van der Waals surface area contributed by atoms with Crippen molar-refractivity contribution in [1.29, 1.82) is 0 Å². The number of aryl methyl sites for hydroxylation is 1. The zero-order valence-corrected chi connectivity index (χ0v) is 13.5. The van der Waals surface area contributed by atoms with Crippen molar-refractivity contribution in [2.45, 2.75) is 19.5 Å². The number of carbonyl (C=O) groups excluding carboxylic acids is 2. The van der Waals surface area contributed by atoms with E-state index in [1.165, 1.54) is 7.05 Å². The van der Waals surface area contributed by atoms with E-state index in [1.54, 1.807) is 0 Å². The Hall–Kier alpha value is -2.60. The van der Waals surface area contributed by atoms with Crippen molar-refractivity contribution in [3.05, 3.63) is 59.5 Å². The average Bonchev–Trinajstić information content (AvgIpc) is 2.93. The highest BCUT2D eigenvalue weighted by molar-refractivity contribution is 5.97. The van der Waals surface area contributed by atoms with Crippen LogP contribution in [0.5, 0.6) is 0 Å². The molecule has 0 bridgehead atoms. The second-order valence-electron chi connectivity index (χ2n) is 5.31. The topological polar surface area (TPSA) is 74.6 Å². The Balaban J connectivity index is 2.22. The van der Waals surface area contributed by atoms with Crippen molar-refractivity contribution < 1.29 is 14.0 Å². The fraction of sp³-hybridized carbons (Fsp3) is 0.294. The van der Waals surface area contributed by atoms with Crippen molar-refractivity contribution in [1.82, 2.24) is 15.5 Å². The fourth-order valence-corrected chi connectivity index (χ4v) is 2.39. The number of urea groups is 1. The summed E-state index contributed by atoms with van der Waals surface area (Å²) in [5, 5.41) is 4.73. The largest absolute Gasteiger partial charge is 0.465 e. The van der Waals surface area contributed by atoms with Gasteiger partial charge in [-0.3, -0.25) is 15.0 Å². The summed E-state index contributed by atoms with van der Waals surface area (Å²) < 4.78 is 5.57. The van der Waals surface area contributed by atoms with E-state index >= 15 is 0 Å². The van der Waals surface area contributed by atoms with Gasteiger partial charge in [0, 0.05) is 7.05 Å². The van der Waals surface area contributed by atoms with E-state index in [0.29, 0.717) is 6.54 Å². The van der Waals surface area contributed by atoms with Crippen LogP contribution in [-0.4, -0.2) is 30.9 Å². The van der Waals surface area contributed by atoms with E-state index in [0.717, 1.165) is 17.1 Å². The van der Waals surface area contributed by atoms with Crippen molar-refractivity contribution in [3.8, 4) is 0 Å². The molecular formula is C17H21N3O3. The maximum Gasteiger partial charge on any atom is 0.321 e. The average molecular weight is 315 g/mol. The SMILES string of the molecule is CNC(=O)NC(=O)[C@@H](c1ccccc1)N(C)Cc1ccc(C)o1. The third-order valence-corrected chi connectivity index (χ3v) is 3.47. The normalized spacial score (nSPS) is 12.0. The number of likely N-dealkylation sites (N-methyl/N-ethyl adjacent to an activating group) is 1. The highest BCUT2D eigenvalue weighted by Crippen LogP contribution is 2.22. The Kier molecular flexibility index (Phi) is 5.54. The summed E-state index contributed by atoms with van der Waals surface area (Å²) in [6.45, 7) is 2.32. The molecule has 0 aliphatic carbocycles. The second kappa shape index (κ2) is 7.60. The molecule has 0 aliphatic heterocycles. The molecule has 1 aromatic heterocycles. The third kappa shape index (κ3) is 4.43. The molecule has 6 heteroatoms. The predicted octanol–water partition coefficient (Wildman–Crippen LogP) is 2.22. The first-order chi connectivity index (χ1) is 11.0. The number of rotatable bonds is 5. The van der Waals surface area contributed by atoms with E-state index < -0.39 is 12.1 Å². The lowest BCUT2D eigenvalue weighted by Crippen LogP contribution is -2.44. The molecule has 23 heavy (non-hydrogen) atoms. The van der Waals surface area contributed by atoms with Crippen LogP contribution in [0.3, 0.4) is 0 Å². The minimum atomic E-state index is -0.598. The number of benzene rings is 1. The predicted molar refractivity (Wildman–Crippen MR) is 86.7 cm³/mol. The van der Waals surface area contributed by atoms with Crippen molar-refractivity contribution >= 4 is 11.9 Å². The molecule has 122 valence electrons. The molecule has 0 unspecified atom stereocenters. The van der Waals surface area contributed by atoms with Gasteiger partial charge in [-0.1, -0.05) is 30.3 Å². The molecule has 0 aliphatic rings. The lowest BCUT2D eigenvalue weighted by atomic mass is 10.0. The summed E-state index contributed by atoms with van der Waals surface area (Å²) >= 11 is 0. The van der Waals surface area contributed by atoms with E-state index in [1.807, 2.05) is 61.3 Å². The Bertz CT molecular complexity index is 667. The summed E-state index contributed by atoms with van der Waals surface area (Å²) in [5.74, 6) is 1.19. The Morgan fingerprint density at radius 2 is 1.87 bits per heavy atom. The first kappa shape index (κ1) is 16.8. The molecule has 1 heterocycles. The zero-order chi connectivity index (χ0) is 16.8. The zero-order valence-electron chi connectivity index (χ0n) is 13.5. The van der Waals surface area contributed by atoms with Gasteiger partial charge in [-0.2, -0.15) is 0 Å². The van der Waals surface area contributed by atoms with Gasteiger partial charge in [0.05, 0.1) is 6.54 Å². The highest BCUT2D eigenvalue weighted by Gasteiger charge is 2.27. The van der Waals surface area contributed by atoms with Crippen LogP contribution in [0.4, 0.5) is 4.79 Å². The second-order valence-corrected chi connectivity index (χ2v) is 5.31. The lowest BCUT2D eigenvalue weighted by Gasteiger charge is -2.26. The maximum absolute atomic E-state index is 12.5. The van der Waals surface area contributed by atoms with Crippen molar-refractivity contribution in [2.75, 3.05) is 14.1 Å². The van der Waals surface area contributed by atoms with Crippen LogP contribution in [0, 0.1) is 6.92 Å². The van der Waals surface area contributed by atoms with Crippen LogP contribution in [-0.2, 0) is 11.3 Å². The Morgan fingerprint density at radius 1 is 1.17 bits per heavy atom. The highest BCUT2D eigenvalue weighted by atomic mass is 16.3. The number of furan rings is 1. The molecule has 0 saturated heterocycles. The number of carbonyl (C=O) groups is 2. The molecule has 0 radical (unpaired) electrons. The quantitative estimate of drug-likeness (QED) is 0.887. The van der Waals surface area contributed by atoms with Crippen molar-refractivity contribution in [2.24, 2.45) is 0 Å². The van der Waals surface area contributed by atoms with Gasteiger partial charge in [0.1, 0.15) is 17.6 Å². The van der Waals surface area contributed by atoms with Gasteiger partial charge in [0.25, 0.3) is 0 Å². The van der Waals surface area contributed by atoms with Crippen LogP contribution in [0.1, 0.15) is 23.1 Å². The van der Waals surface area contributed by atoms with E-state index in [4.69, 9.17) is 4.42 Å². The van der Waals surface area contributed by atoms with Crippen LogP contribution >= 0.6 is 0 Å². The van der Waals surface area contributed by atoms with Gasteiger partial charge >= 0.3 is 6.03 Å². The van der Waals surface area contributed by atoms with E-state index in [2.05, 4.69) is 10.6 Å². The number of hydrogen-bond acceptors (Lipinski definition) is 4. The summed E-state index contributed by atoms with van der Waals surface area (Å²) in [5.41, 5.74) is 0.805. The Morgan fingerprint density at radius 3 is 2.43 bits per heavy atom. The molecule has 6 nitrogen and oxygen atoms in total. The Labute approximate surface area is 135 Å². The number of imide groups is 1. The fourth-order valence-electron chi connectivity index (χ4n) is 2.39.